The van der Waals surface area contributed by atoms with Crippen molar-refractivity contribution in [3.05, 3.63) is 59.7 Å². The lowest BCUT2D eigenvalue weighted by molar-refractivity contribution is -0.0439. The van der Waals surface area contributed by atoms with E-state index in [1.165, 1.54) is 0 Å². The van der Waals surface area contributed by atoms with E-state index in [-0.39, 0.29) is 37.9 Å². The average molecular weight is 520 g/mol. The van der Waals surface area contributed by atoms with Gasteiger partial charge in [0.1, 0.15) is 12.6 Å². The molecule has 0 saturated carbocycles. The molecule has 1 aliphatic carbocycles. The third kappa shape index (κ3) is 6.24. The highest BCUT2D eigenvalue weighted by Gasteiger charge is 2.44. The molecule has 4 rings (SSSR count). The second-order valence-electron chi connectivity index (χ2n) is 9.64. The molecule has 2 aliphatic rings. The van der Waals surface area contributed by atoms with Gasteiger partial charge in [0.25, 0.3) is 0 Å². The SMILES string of the molecule is CC(C)(C)OCCOCCOC[C@H]1COS(=O)(=O)N1C(=O)OCC1c2ccccc2-c2ccccc21. The molecular weight excluding hydrogens is 486 g/mol. The molecule has 0 N–H and O–H groups in total. The van der Waals surface area contributed by atoms with Crippen molar-refractivity contribution in [2.75, 3.05) is 46.2 Å². The fourth-order valence-electron chi connectivity index (χ4n) is 4.33. The van der Waals surface area contributed by atoms with Gasteiger partial charge in [-0.1, -0.05) is 48.5 Å². The number of fused-ring (bicyclic) bond motifs is 3. The van der Waals surface area contributed by atoms with E-state index in [1.54, 1.807) is 0 Å². The molecule has 0 bridgehead atoms. The quantitative estimate of drug-likeness (QED) is 0.438. The van der Waals surface area contributed by atoms with Crippen LogP contribution in [-0.2, 0) is 33.4 Å². The molecule has 0 spiro atoms. The lowest BCUT2D eigenvalue weighted by atomic mass is 9.98. The maximum absolute atomic E-state index is 12.9. The Morgan fingerprint density at radius 3 is 2.14 bits per heavy atom. The van der Waals surface area contributed by atoms with Crippen molar-refractivity contribution >= 4 is 16.4 Å². The van der Waals surface area contributed by atoms with Crippen LogP contribution in [0.25, 0.3) is 11.1 Å². The van der Waals surface area contributed by atoms with E-state index in [0.717, 1.165) is 22.3 Å². The van der Waals surface area contributed by atoms with Gasteiger partial charge in [-0.15, -0.1) is 0 Å². The van der Waals surface area contributed by atoms with E-state index in [1.807, 2.05) is 69.3 Å². The topological polar surface area (TPSA) is 101 Å². The number of ether oxygens (including phenoxy) is 4. The minimum Gasteiger partial charge on any atom is -0.448 e. The van der Waals surface area contributed by atoms with E-state index in [9.17, 15) is 13.2 Å². The van der Waals surface area contributed by atoms with Crippen LogP contribution in [0.4, 0.5) is 4.79 Å². The number of amides is 1. The zero-order chi connectivity index (χ0) is 25.8. The minimum atomic E-state index is -4.24. The molecule has 0 unspecified atom stereocenters. The van der Waals surface area contributed by atoms with Gasteiger partial charge in [-0.05, 0) is 43.0 Å². The molecule has 1 amide bonds. The first-order valence-corrected chi connectivity index (χ1v) is 13.4. The van der Waals surface area contributed by atoms with Crippen molar-refractivity contribution in [3.8, 4) is 11.1 Å². The molecule has 36 heavy (non-hydrogen) atoms. The average Bonchev–Trinajstić information content (AvgIpc) is 3.32. The third-order valence-corrected chi connectivity index (χ3v) is 7.31. The van der Waals surface area contributed by atoms with Gasteiger partial charge in [-0.3, -0.25) is 4.18 Å². The van der Waals surface area contributed by atoms with Crippen molar-refractivity contribution in [3.63, 3.8) is 0 Å². The number of benzene rings is 2. The summed E-state index contributed by atoms with van der Waals surface area (Å²) < 4.78 is 52.4. The molecule has 9 nitrogen and oxygen atoms in total. The molecule has 10 heteroatoms. The van der Waals surface area contributed by atoms with Crippen molar-refractivity contribution in [2.45, 2.75) is 38.3 Å². The normalized spacial score (nSPS) is 18.8. The lowest BCUT2D eigenvalue weighted by Gasteiger charge is -2.22. The van der Waals surface area contributed by atoms with Gasteiger partial charge in [0.15, 0.2) is 0 Å². The standard InChI is InChI=1S/C26H33NO8S/c1-26(2,3)34-15-14-31-12-13-32-16-19-17-35-36(29,30)27(19)25(28)33-18-24-22-10-6-4-8-20(22)21-9-5-7-11-23(21)24/h4-11,19,24H,12-18H2,1-3H3/t19-/m0/s1. The minimum absolute atomic E-state index is 0.0108. The second kappa shape index (κ2) is 11.3. The highest BCUT2D eigenvalue weighted by Crippen LogP contribution is 2.44. The molecule has 1 atom stereocenters. The van der Waals surface area contributed by atoms with Crippen LogP contribution in [0.1, 0.15) is 37.8 Å². The first-order valence-electron chi connectivity index (χ1n) is 12.0. The van der Waals surface area contributed by atoms with Gasteiger partial charge in [-0.2, -0.15) is 12.7 Å². The van der Waals surface area contributed by atoms with Gasteiger partial charge in [-0.25, -0.2) is 4.79 Å². The van der Waals surface area contributed by atoms with Crippen LogP contribution < -0.4 is 0 Å². The van der Waals surface area contributed by atoms with Crippen molar-refractivity contribution in [1.29, 1.82) is 0 Å². The van der Waals surface area contributed by atoms with Crippen molar-refractivity contribution in [2.24, 2.45) is 0 Å². The number of rotatable bonds is 10. The molecule has 0 aromatic heterocycles. The molecule has 1 aliphatic heterocycles. The van der Waals surface area contributed by atoms with Crippen LogP contribution >= 0.6 is 0 Å². The second-order valence-corrected chi connectivity index (χ2v) is 11.1. The summed E-state index contributed by atoms with van der Waals surface area (Å²) in [7, 11) is -4.24. The molecular formula is C26H33NO8S. The van der Waals surface area contributed by atoms with Gasteiger partial charge >= 0.3 is 16.4 Å². The molecule has 196 valence electrons. The Hall–Kier alpha value is -2.50. The Balaban J connectivity index is 1.29. The number of carbonyl (C=O) groups excluding carboxylic acids is 1. The summed E-state index contributed by atoms with van der Waals surface area (Å²) in [5, 5.41) is 0. The van der Waals surface area contributed by atoms with E-state index in [0.29, 0.717) is 24.1 Å². The number of hydrogen-bond donors (Lipinski definition) is 0. The van der Waals surface area contributed by atoms with Crippen LogP contribution in [0.15, 0.2) is 48.5 Å². The summed E-state index contributed by atoms with van der Waals surface area (Å²) in [6.45, 7) is 7.15. The van der Waals surface area contributed by atoms with Crippen LogP contribution in [0.3, 0.4) is 0 Å². The monoisotopic (exact) mass is 519 g/mol. The molecule has 0 radical (unpaired) electrons. The largest absolute Gasteiger partial charge is 0.448 e. The highest BCUT2D eigenvalue weighted by atomic mass is 32.2. The fourth-order valence-corrected chi connectivity index (χ4v) is 5.50. The number of nitrogens with zero attached hydrogens (tertiary/aromatic N) is 1. The summed E-state index contributed by atoms with van der Waals surface area (Å²) in [4.78, 5) is 12.9. The fraction of sp³-hybridized carbons (Fsp3) is 0.500. The van der Waals surface area contributed by atoms with Gasteiger partial charge < -0.3 is 18.9 Å². The van der Waals surface area contributed by atoms with E-state index < -0.39 is 22.4 Å². The number of hydrogen-bond acceptors (Lipinski definition) is 8. The predicted octanol–water partition coefficient (Wildman–Crippen LogP) is 3.73. The summed E-state index contributed by atoms with van der Waals surface area (Å²) in [6, 6.07) is 15.1. The Bertz CT molecular complexity index is 1120. The van der Waals surface area contributed by atoms with Gasteiger partial charge in [0, 0.05) is 5.92 Å². The predicted molar refractivity (Wildman–Crippen MR) is 133 cm³/mol. The summed E-state index contributed by atoms with van der Waals surface area (Å²) in [6.07, 6.45) is -0.974. The smallest absolute Gasteiger partial charge is 0.425 e. The van der Waals surface area contributed by atoms with Crippen LogP contribution in [0, 0.1) is 0 Å². The summed E-state index contributed by atoms with van der Waals surface area (Å²) >= 11 is 0. The Kier molecular flexibility index (Phi) is 8.31. The molecule has 1 heterocycles. The van der Waals surface area contributed by atoms with E-state index in [4.69, 9.17) is 23.1 Å². The first kappa shape index (κ1) is 26.6. The summed E-state index contributed by atoms with van der Waals surface area (Å²) in [5.41, 5.74) is 4.03. The lowest BCUT2D eigenvalue weighted by Crippen LogP contribution is -2.42. The third-order valence-electron chi connectivity index (χ3n) is 5.94. The van der Waals surface area contributed by atoms with E-state index in [2.05, 4.69) is 0 Å². The van der Waals surface area contributed by atoms with Crippen LogP contribution in [-0.4, -0.2) is 76.7 Å². The molecule has 2 aromatic rings. The zero-order valence-corrected chi connectivity index (χ0v) is 21.7. The molecule has 1 saturated heterocycles. The van der Waals surface area contributed by atoms with Crippen molar-refractivity contribution < 1.29 is 36.3 Å². The van der Waals surface area contributed by atoms with Gasteiger partial charge in [0.05, 0.1) is 45.2 Å². The van der Waals surface area contributed by atoms with Gasteiger partial charge in [0.2, 0.25) is 0 Å². The van der Waals surface area contributed by atoms with Crippen molar-refractivity contribution in [1.82, 2.24) is 4.31 Å². The maximum atomic E-state index is 12.9. The Morgan fingerprint density at radius 2 is 1.50 bits per heavy atom. The Labute approximate surface area is 212 Å². The molecule has 2 aromatic carbocycles. The number of carbonyl (C=O) groups is 1. The van der Waals surface area contributed by atoms with Crippen LogP contribution in [0.2, 0.25) is 0 Å². The first-order chi connectivity index (χ1) is 17.2. The van der Waals surface area contributed by atoms with E-state index >= 15 is 0 Å². The summed E-state index contributed by atoms with van der Waals surface area (Å²) in [5.74, 6) is -0.179. The zero-order valence-electron chi connectivity index (χ0n) is 20.8. The maximum Gasteiger partial charge on any atom is 0.425 e. The van der Waals surface area contributed by atoms with Crippen LogP contribution in [0.5, 0.6) is 0 Å². The molecule has 1 fully saturated rings. The Morgan fingerprint density at radius 1 is 0.917 bits per heavy atom. The highest BCUT2D eigenvalue weighted by molar-refractivity contribution is 7.85.